The predicted molar refractivity (Wildman–Crippen MR) is 65.1 cm³/mol. The third kappa shape index (κ3) is 8.50. The van der Waals surface area contributed by atoms with Crippen LogP contribution in [0.1, 0.15) is 5.56 Å². The molecule has 102 valence electrons. The number of hydrogen-bond donors (Lipinski definition) is 2. The van der Waals surface area contributed by atoms with E-state index in [9.17, 15) is 13.2 Å². The van der Waals surface area contributed by atoms with Gasteiger partial charge in [-0.05, 0) is 17.7 Å². The van der Waals surface area contributed by atoms with Crippen LogP contribution in [0.3, 0.4) is 0 Å². The molecule has 0 aliphatic rings. The summed E-state index contributed by atoms with van der Waals surface area (Å²) in [5.41, 5.74) is 7.08. The first kappa shape index (κ1) is 16.4. The van der Waals surface area contributed by atoms with Crippen LogP contribution in [0.5, 0.6) is 0 Å². The highest BCUT2D eigenvalue weighted by atomic mass is 32.3. The third-order valence-corrected chi connectivity index (χ3v) is 2.19. The average Bonchev–Trinajstić information content (AvgIpc) is 2.32. The van der Waals surface area contributed by atoms with Crippen LogP contribution in [0.15, 0.2) is 24.3 Å². The number of esters is 1. The Morgan fingerprint density at radius 3 is 2.06 bits per heavy atom. The van der Waals surface area contributed by atoms with Crippen LogP contribution >= 0.6 is 0 Å². The summed E-state index contributed by atoms with van der Waals surface area (Å²) in [6.45, 7) is 0. The second kappa shape index (κ2) is 7.64. The number of nitrogen functional groups attached to an aromatic ring is 1. The molecule has 0 aliphatic carbocycles. The van der Waals surface area contributed by atoms with Gasteiger partial charge in [0.15, 0.2) is 0 Å². The van der Waals surface area contributed by atoms with Crippen molar-refractivity contribution in [2.45, 2.75) is 6.42 Å². The van der Waals surface area contributed by atoms with Crippen LogP contribution in [0.2, 0.25) is 0 Å². The van der Waals surface area contributed by atoms with Gasteiger partial charge in [-0.25, -0.2) is 0 Å². The maximum absolute atomic E-state index is 10.8. The first-order valence-corrected chi connectivity index (χ1v) is 6.09. The number of benzene rings is 1. The van der Waals surface area contributed by atoms with Gasteiger partial charge < -0.3 is 10.5 Å². The van der Waals surface area contributed by atoms with Crippen LogP contribution in [0.4, 0.5) is 5.69 Å². The van der Waals surface area contributed by atoms with Crippen molar-refractivity contribution in [2.75, 3.05) is 20.0 Å². The fourth-order valence-corrected chi connectivity index (χ4v) is 0.874. The fraction of sp³-hybridized carbons (Fsp3) is 0.300. The summed E-state index contributed by atoms with van der Waals surface area (Å²) in [5.74, 6) is -0.236. The largest absolute Gasteiger partial charge is 0.469 e. The van der Waals surface area contributed by atoms with Crippen molar-refractivity contribution in [2.24, 2.45) is 0 Å². The Kier molecular flexibility index (Phi) is 6.94. The van der Waals surface area contributed by atoms with Gasteiger partial charge in [-0.3, -0.25) is 13.5 Å². The second-order valence-electron chi connectivity index (χ2n) is 3.09. The minimum absolute atomic E-state index is 0.236. The van der Waals surface area contributed by atoms with Gasteiger partial charge in [0, 0.05) is 5.69 Å². The normalized spacial score (nSPS) is 10.2. The summed E-state index contributed by atoms with van der Waals surface area (Å²) in [7, 11) is -1.92. The first-order chi connectivity index (χ1) is 8.28. The molecule has 0 bridgehead atoms. The van der Waals surface area contributed by atoms with Gasteiger partial charge in [0.1, 0.15) is 0 Å². The number of rotatable bonds is 3. The van der Waals surface area contributed by atoms with E-state index in [4.69, 9.17) is 10.3 Å². The zero-order chi connectivity index (χ0) is 14.2. The first-order valence-electron chi connectivity index (χ1n) is 4.72. The molecule has 7 nitrogen and oxygen atoms in total. The lowest BCUT2D eigenvalue weighted by Gasteiger charge is -1.99. The summed E-state index contributed by atoms with van der Waals surface area (Å²) in [6, 6.07) is 7.15. The lowest BCUT2D eigenvalue weighted by atomic mass is 10.1. The minimum atomic E-state index is -4.16. The number of ether oxygens (including phenoxy) is 1. The Bertz CT molecular complexity index is 468. The Morgan fingerprint density at radius 2 is 1.72 bits per heavy atom. The van der Waals surface area contributed by atoms with Crippen molar-refractivity contribution < 1.29 is 26.7 Å². The Balaban J connectivity index is 0.000000411. The maximum atomic E-state index is 10.8. The van der Waals surface area contributed by atoms with Crippen molar-refractivity contribution >= 4 is 22.1 Å². The number of hydrogen-bond acceptors (Lipinski definition) is 6. The maximum Gasteiger partial charge on any atom is 0.397 e. The quantitative estimate of drug-likeness (QED) is 0.467. The molecule has 1 aromatic carbocycles. The zero-order valence-electron chi connectivity index (χ0n) is 9.99. The molecule has 8 heteroatoms. The number of nitrogens with two attached hydrogens (primary N) is 1. The summed E-state index contributed by atoms with van der Waals surface area (Å²) in [6.07, 6.45) is 0.302. The molecule has 0 atom stereocenters. The molecule has 1 rings (SSSR count). The van der Waals surface area contributed by atoms with Gasteiger partial charge in [0.25, 0.3) is 0 Å². The summed E-state index contributed by atoms with van der Waals surface area (Å²) < 4.78 is 34.2. The monoisotopic (exact) mass is 277 g/mol. The molecule has 0 unspecified atom stereocenters. The highest BCUT2D eigenvalue weighted by molar-refractivity contribution is 7.80. The van der Waals surface area contributed by atoms with E-state index in [1.807, 2.05) is 12.1 Å². The predicted octanol–water partition coefficient (Wildman–Crippen LogP) is 0.420. The van der Waals surface area contributed by atoms with Crippen molar-refractivity contribution in [3.05, 3.63) is 29.8 Å². The van der Waals surface area contributed by atoms with Gasteiger partial charge in [-0.2, -0.15) is 8.42 Å². The number of methoxy groups -OCH3 is 1. The van der Waals surface area contributed by atoms with Crippen molar-refractivity contribution in [3.8, 4) is 0 Å². The molecule has 0 heterocycles. The van der Waals surface area contributed by atoms with Crippen LogP contribution < -0.4 is 5.73 Å². The number of carbonyl (C=O) groups is 1. The van der Waals surface area contributed by atoms with E-state index in [2.05, 4.69) is 8.92 Å². The van der Waals surface area contributed by atoms with E-state index in [1.165, 1.54) is 7.11 Å². The lowest BCUT2D eigenvalue weighted by molar-refractivity contribution is -0.139. The van der Waals surface area contributed by atoms with Crippen molar-refractivity contribution in [1.29, 1.82) is 0 Å². The van der Waals surface area contributed by atoms with Gasteiger partial charge >= 0.3 is 16.4 Å². The molecule has 0 aliphatic heterocycles. The third-order valence-electron chi connectivity index (χ3n) is 1.77. The molecule has 1 aromatic rings. The minimum Gasteiger partial charge on any atom is -0.469 e. The summed E-state index contributed by atoms with van der Waals surface area (Å²) in [4.78, 5) is 10.8. The molecule has 0 saturated carbocycles. The van der Waals surface area contributed by atoms with E-state index in [0.29, 0.717) is 12.1 Å². The smallest absolute Gasteiger partial charge is 0.397 e. The molecule has 0 radical (unpaired) electrons. The van der Waals surface area contributed by atoms with Crippen LogP contribution in [0, 0.1) is 0 Å². The van der Waals surface area contributed by atoms with Gasteiger partial charge in [-0.15, -0.1) is 0 Å². The van der Waals surface area contributed by atoms with E-state index < -0.39 is 10.4 Å². The fourth-order valence-electron chi connectivity index (χ4n) is 0.874. The molecule has 3 N–H and O–H groups in total. The highest BCUT2D eigenvalue weighted by Gasteiger charge is 2.01. The lowest BCUT2D eigenvalue weighted by Crippen LogP contribution is -2.04. The summed E-state index contributed by atoms with van der Waals surface area (Å²) >= 11 is 0. The highest BCUT2D eigenvalue weighted by Crippen LogP contribution is 2.06. The molecular formula is C10H15NO6S. The van der Waals surface area contributed by atoms with Gasteiger partial charge in [-0.1, -0.05) is 12.1 Å². The second-order valence-corrected chi connectivity index (χ2v) is 4.28. The molecular weight excluding hydrogens is 262 g/mol. The molecule has 0 aromatic heterocycles. The van der Waals surface area contributed by atoms with Gasteiger partial charge in [0.2, 0.25) is 0 Å². The van der Waals surface area contributed by atoms with Gasteiger partial charge in [0.05, 0.1) is 20.6 Å². The van der Waals surface area contributed by atoms with E-state index in [-0.39, 0.29) is 5.97 Å². The molecule has 0 fully saturated rings. The Hall–Kier alpha value is -1.64. The molecule has 0 saturated heterocycles. The molecule has 0 spiro atoms. The van der Waals surface area contributed by atoms with E-state index in [0.717, 1.165) is 12.7 Å². The SMILES string of the molecule is COC(=O)Cc1ccc(N)cc1.COS(=O)(=O)O. The Labute approximate surface area is 105 Å². The Morgan fingerprint density at radius 1 is 1.28 bits per heavy atom. The van der Waals surface area contributed by atoms with Crippen LogP contribution in [-0.4, -0.2) is 33.2 Å². The average molecular weight is 277 g/mol. The number of anilines is 1. The van der Waals surface area contributed by atoms with Crippen molar-refractivity contribution in [3.63, 3.8) is 0 Å². The van der Waals surface area contributed by atoms with E-state index in [1.54, 1.807) is 12.1 Å². The summed E-state index contributed by atoms with van der Waals surface area (Å²) in [5, 5.41) is 0. The van der Waals surface area contributed by atoms with Crippen molar-refractivity contribution in [1.82, 2.24) is 0 Å². The topological polar surface area (TPSA) is 116 Å². The van der Waals surface area contributed by atoms with Crippen LogP contribution in [0.25, 0.3) is 0 Å². The van der Waals surface area contributed by atoms with E-state index >= 15 is 0 Å². The zero-order valence-corrected chi connectivity index (χ0v) is 10.8. The number of carbonyl (C=O) groups excluding carboxylic acids is 1. The molecule has 0 amide bonds. The standard InChI is InChI=1S/C9H11NO2.CH4O4S/c1-12-9(11)6-7-2-4-8(10)5-3-7;1-5-6(2,3)4/h2-5H,6,10H2,1H3;1H3,(H,2,3,4). The van der Waals surface area contributed by atoms with Crippen LogP contribution in [-0.2, 0) is 30.5 Å². The molecule has 18 heavy (non-hydrogen) atoms.